The molecule has 1 aromatic rings. The number of methoxy groups -OCH3 is 1. The van der Waals surface area contributed by atoms with Crippen LogP contribution in [0.2, 0.25) is 10.0 Å². The predicted molar refractivity (Wildman–Crippen MR) is 95.9 cm³/mol. The third-order valence-corrected chi connectivity index (χ3v) is 4.34. The van der Waals surface area contributed by atoms with E-state index in [9.17, 15) is 9.59 Å². The lowest BCUT2D eigenvalue weighted by Gasteiger charge is -2.34. The van der Waals surface area contributed by atoms with Crippen molar-refractivity contribution in [2.75, 3.05) is 13.7 Å². The number of rotatable bonds is 6. The Morgan fingerprint density at radius 2 is 2.08 bits per heavy atom. The maximum absolute atomic E-state index is 12.6. The van der Waals surface area contributed by atoms with Gasteiger partial charge in [-0.3, -0.25) is 4.79 Å². The molecular weight excluding hydrogens is 367 g/mol. The summed E-state index contributed by atoms with van der Waals surface area (Å²) in [5, 5.41) is 5.86. The molecule has 2 N–H and O–H groups in total. The Morgan fingerprint density at radius 3 is 2.72 bits per heavy atom. The molecule has 1 saturated heterocycles. The van der Waals surface area contributed by atoms with Gasteiger partial charge >= 0.3 is 12.0 Å². The van der Waals surface area contributed by atoms with Crippen molar-refractivity contribution in [2.45, 2.75) is 25.8 Å². The van der Waals surface area contributed by atoms with E-state index in [0.29, 0.717) is 22.9 Å². The highest BCUT2D eigenvalue weighted by molar-refractivity contribution is 6.35. The first kappa shape index (κ1) is 19.4. The summed E-state index contributed by atoms with van der Waals surface area (Å²) in [6.45, 7) is 6.09. The molecule has 1 aliphatic rings. The number of benzene rings is 1. The molecule has 0 bridgehead atoms. The Balaban J connectivity index is 2.42. The number of nitrogens with one attached hydrogen (secondary N) is 2. The fourth-order valence-electron chi connectivity index (χ4n) is 2.65. The molecule has 6 nitrogen and oxygen atoms in total. The molecule has 1 fully saturated rings. The Morgan fingerprint density at radius 1 is 1.36 bits per heavy atom. The predicted octanol–water partition coefficient (Wildman–Crippen LogP) is 3.83. The molecule has 0 aromatic heterocycles. The van der Waals surface area contributed by atoms with Crippen LogP contribution >= 0.6 is 23.2 Å². The van der Waals surface area contributed by atoms with Gasteiger partial charge in [0.25, 0.3) is 0 Å². The van der Waals surface area contributed by atoms with Crippen molar-refractivity contribution in [2.24, 2.45) is 5.92 Å². The number of hydrogen-bond donors (Lipinski definition) is 2. The minimum Gasteiger partial charge on any atom is -0.495 e. The maximum atomic E-state index is 12.6. The zero-order chi connectivity index (χ0) is 18.6. The Bertz CT molecular complexity index is 693. The SMILES string of the molecule is C=C1NC(=O)N[C@@H](c2cc(Cl)cc(Cl)c2OC)[C@H]1C(=O)OCCCC. The Labute approximate surface area is 156 Å². The molecule has 136 valence electrons. The van der Waals surface area contributed by atoms with Crippen molar-refractivity contribution in [3.63, 3.8) is 0 Å². The molecule has 1 heterocycles. The molecular formula is C17H20Cl2N2O4. The third kappa shape index (κ3) is 4.38. The van der Waals surface area contributed by atoms with Crippen LogP contribution in [0.4, 0.5) is 4.79 Å². The average molecular weight is 387 g/mol. The van der Waals surface area contributed by atoms with Gasteiger partial charge in [-0.25, -0.2) is 4.79 Å². The molecule has 25 heavy (non-hydrogen) atoms. The lowest BCUT2D eigenvalue weighted by atomic mass is 9.88. The van der Waals surface area contributed by atoms with Crippen molar-refractivity contribution in [3.8, 4) is 5.75 Å². The number of unbranched alkanes of at least 4 members (excludes halogenated alkanes) is 1. The van der Waals surface area contributed by atoms with E-state index in [-0.39, 0.29) is 10.7 Å². The summed E-state index contributed by atoms with van der Waals surface area (Å²) in [5.41, 5.74) is 0.724. The number of halogens is 2. The fraction of sp³-hybridized carbons (Fsp3) is 0.412. The van der Waals surface area contributed by atoms with Crippen LogP contribution in [0.3, 0.4) is 0 Å². The molecule has 0 radical (unpaired) electrons. The smallest absolute Gasteiger partial charge is 0.319 e. The third-order valence-electron chi connectivity index (χ3n) is 3.84. The van der Waals surface area contributed by atoms with E-state index in [4.69, 9.17) is 32.7 Å². The fourth-order valence-corrected chi connectivity index (χ4v) is 3.24. The summed E-state index contributed by atoms with van der Waals surface area (Å²) in [7, 11) is 1.45. The second-order valence-electron chi connectivity index (χ2n) is 5.61. The van der Waals surface area contributed by atoms with Crippen molar-refractivity contribution < 1.29 is 19.1 Å². The zero-order valence-electron chi connectivity index (χ0n) is 14.0. The van der Waals surface area contributed by atoms with E-state index in [1.54, 1.807) is 6.07 Å². The maximum Gasteiger partial charge on any atom is 0.319 e. The molecule has 2 amide bonds. The summed E-state index contributed by atoms with van der Waals surface area (Å²) in [6, 6.07) is 1.88. The summed E-state index contributed by atoms with van der Waals surface area (Å²) in [5.74, 6) is -0.996. The number of amides is 2. The van der Waals surface area contributed by atoms with E-state index >= 15 is 0 Å². The van der Waals surface area contributed by atoms with Crippen LogP contribution in [0.5, 0.6) is 5.75 Å². The summed E-state index contributed by atoms with van der Waals surface area (Å²) < 4.78 is 10.7. The Kier molecular flexibility index (Phi) is 6.56. The average Bonchev–Trinajstić information content (AvgIpc) is 2.53. The van der Waals surface area contributed by atoms with E-state index in [0.717, 1.165) is 12.8 Å². The van der Waals surface area contributed by atoms with Gasteiger partial charge in [-0.15, -0.1) is 0 Å². The quantitative estimate of drug-likeness (QED) is 0.575. The van der Waals surface area contributed by atoms with Crippen molar-refractivity contribution in [3.05, 3.63) is 40.0 Å². The monoisotopic (exact) mass is 386 g/mol. The highest BCUT2D eigenvalue weighted by Crippen LogP contribution is 2.40. The summed E-state index contributed by atoms with van der Waals surface area (Å²) >= 11 is 12.3. The molecule has 0 aliphatic carbocycles. The number of hydrogen-bond acceptors (Lipinski definition) is 4. The van der Waals surface area contributed by atoms with Crippen LogP contribution in [0.25, 0.3) is 0 Å². The minimum absolute atomic E-state index is 0.244. The Hall–Kier alpha value is -1.92. The molecule has 2 rings (SSSR count). The van der Waals surface area contributed by atoms with Gasteiger partial charge in [-0.2, -0.15) is 0 Å². The summed E-state index contributed by atoms with van der Waals surface area (Å²) in [4.78, 5) is 24.5. The highest BCUT2D eigenvalue weighted by Gasteiger charge is 2.40. The first-order valence-corrected chi connectivity index (χ1v) is 8.60. The van der Waals surface area contributed by atoms with E-state index in [1.165, 1.54) is 13.2 Å². The minimum atomic E-state index is -0.835. The molecule has 1 aliphatic heterocycles. The van der Waals surface area contributed by atoms with E-state index in [1.807, 2.05) is 6.92 Å². The number of ether oxygens (including phenoxy) is 2. The van der Waals surface area contributed by atoms with Crippen LogP contribution in [0.1, 0.15) is 31.4 Å². The second-order valence-corrected chi connectivity index (χ2v) is 6.45. The number of esters is 1. The van der Waals surface area contributed by atoms with Crippen molar-refractivity contribution >= 4 is 35.2 Å². The van der Waals surface area contributed by atoms with Crippen LogP contribution in [0, 0.1) is 5.92 Å². The summed E-state index contributed by atoms with van der Waals surface area (Å²) in [6.07, 6.45) is 1.65. The topological polar surface area (TPSA) is 76.7 Å². The molecule has 0 saturated carbocycles. The van der Waals surface area contributed by atoms with Crippen LogP contribution < -0.4 is 15.4 Å². The lowest BCUT2D eigenvalue weighted by Crippen LogP contribution is -2.51. The van der Waals surface area contributed by atoms with Gasteiger partial charge in [0.05, 0.1) is 24.8 Å². The second kappa shape index (κ2) is 8.45. The first-order valence-electron chi connectivity index (χ1n) is 7.84. The number of carbonyl (C=O) groups is 2. The molecule has 0 spiro atoms. The zero-order valence-corrected chi connectivity index (χ0v) is 15.5. The van der Waals surface area contributed by atoms with E-state index < -0.39 is 24.0 Å². The van der Waals surface area contributed by atoms with Crippen LogP contribution in [-0.4, -0.2) is 25.7 Å². The van der Waals surface area contributed by atoms with Crippen molar-refractivity contribution in [1.29, 1.82) is 0 Å². The highest BCUT2D eigenvalue weighted by atomic mass is 35.5. The van der Waals surface area contributed by atoms with Gasteiger partial charge in [-0.1, -0.05) is 43.1 Å². The van der Waals surface area contributed by atoms with Gasteiger partial charge in [0.15, 0.2) is 0 Å². The van der Waals surface area contributed by atoms with Gasteiger partial charge in [0.2, 0.25) is 0 Å². The normalized spacial score (nSPS) is 19.8. The first-order chi connectivity index (χ1) is 11.9. The van der Waals surface area contributed by atoms with Gasteiger partial charge in [0.1, 0.15) is 11.7 Å². The molecule has 2 atom stereocenters. The number of carbonyl (C=O) groups excluding carboxylic acids is 2. The molecule has 1 aromatic carbocycles. The van der Waals surface area contributed by atoms with Crippen LogP contribution in [0.15, 0.2) is 24.4 Å². The van der Waals surface area contributed by atoms with Gasteiger partial charge in [0, 0.05) is 16.3 Å². The van der Waals surface area contributed by atoms with Crippen molar-refractivity contribution in [1.82, 2.24) is 10.6 Å². The molecule has 0 unspecified atom stereocenters. The lowest BCUT2D eigenvalue weighted by molar-refractivity contribution is -0.148. The number of urea groups is 1. The van der Waals surface area contributed by atoms with Gasteiger partial charge < -0.3 is 20.1 Å². The standard InChI is InChI=1S/C17H20Cl2N2O4/c1-4-5-6-25-16(22)13-9(2)20-17(23)21-14(13)11-7-10(18)8-12(19)15(11)24-3/h7-8,13-14H,2,4-6H2,1,3H3,(H2,20,21,23)/t13-,14-/m0/s1. The largest absolute Gasteiger partial charge is 0.495 e. The molecule has 8 heteroatoms. The van der Waals surface area contributed by atoms with Gasteiger partial charge in [-0.05, 0) is 18.6 Å². The van der Waals surface area contributed by atoms with Crippen LogP contribution in [-0.2, 0) is 9.53 Å². The van der Waals surface area contributed by atoms with E-state index in [2.05, 4.69) is 17.2 Å².